The Labute approximate surface area is 110 Å². The molecule has 98 valence electrons. The van der Waals surface area contributed by atoms with E-state index in [0.29, 0.717) is 12.1 Å². The smallest absolute Gasteiger partial charge is 0.109 e. The Bertz CT molecular complexity index is 303. The summed E-state index contributed by atoms with van der Waals surface area (Å²) in [5.41, 5.74) is 0. The van der Waals surface area contributed by atoms with Crippen LogP contribution in [0.5, 0.6) is 0 Å². The van der Waals surface area contributed by atoms with Gasteiger partial charge >= 0.3 is 0 Å². The van der Waals surface area contributed by atoms with Crippen molar-refractivity contribution in [1.29, 1.82) is 0 Å². The van der Waals surface area contributed by atoms with Crippen molar-refractivity contribution in [2.75, 3.05) is 0 Å². The largest absolute Gasteiger partial charge is 0.305 e. The Morgan fingerprint density at radius 3 is 2.35 bits per heavy atom. The Hall–Kier alpha value is -0.410. The van der Waals surface area contributed by atoms with E-state index < -0.39 is 0 Å². The van der Waals surface area contributed by atoms with Crippen molar-refractivity contribution in [2.24, 2.45) is 0 Å². The van der Waals surface area contributed by atoms with Gasteiger partial charge in [-0.3, -0.25) is 0 Å². The molecule has 1 N–H and O–H groups in total. The lowest BCUT2D eigenvalue weighted by molar-refractivity contribution is 0.402. The minimum absolute atomic E-state index is 0.392. The predicted octanol–water partition coefficient (Wildman–Crippen LogP) is 4.32. The van der Waals surface area contributed by atoms with Gasteiger partial charge in [0.15, 0.2) is 0 Å². The summed E-state index contributed by atoms with van der Waals surface area (Å²) in [6.45, 7) is 8.93. The summed E-state index contributed by atoms with van der Waals surface area (Å²) in [5.74, 6) is 0. The summed E-state index contributed by atoms with van der Waals surface area (Å²) in [6.07, 6.45) is 8.16. The van der Waals surface area contributed by atoms with Crippen LogP contribution in [0.2, 0.25) is 0 Å². The molecule has 0 aliphatic carbocycles. The molecule has 1 heterocycles. The van der Waals surface area contributed by atoms with Crippen LogP contribution in [0.25, 0.3) is 0 Å². The maximum Gasteiger partial charge on any atom is 0.109 e. The average Bonchev–Trinajstić information content (AvgIpc) is 2.78. The van der Waals surface area contributed by atoms with Gasteiger partial charge in [-0.25, -0.2) is 4.98 Å². The van der Waals surface area contributed by atoms with E-state index in [0.717, 1.165) is 6.42 Å². The van der Waals surface area contributed by atoms with Crippen LogP contribution in [-0.2, 0) is 6.42 Å². The third-order valence-corrected chi connectivity index (χ3v) is 4.37. The first kappa shape index (κ1) is 14.7. The molecule has 3 heteroatoms. The third-order valence-electron chi connectivity index (χ3n) is 3.05. The van der Waals surface area contributed by atoms with Gasteiger partial charge in [0.05, 0.1) is 6.04 Å². The van der Waals surface area contributed by atoms with Crippen molar-refractivity contribution in [3.63, 3.8) is 0 Å². The van der Waals surface area contributed by atoms with E-state index >= 15 is 0 Å². The second kappa shape index (κ2) is 7.83. The highest BCUT2D eigenvalue weighted by Gasteiger charge is 2.14. The zero-order valence-corrected chi connectivity index (χ0v) is 12.4. The highest BCUT2D eigenvalue weighted by atomic mass is 32.1. The number of aromatic nitrogens is 1. The third kappa shape index (κ3) is 4.76. The average molecular weight is 254 g/mol. The minimum Gasteiger partial charge on any atom is -0.305 e. The molecule has 17 heavy (non-hydrogen) atoms. The van der Waals surface area contributed by atoms with Gasteiger partial charge in [0.1, 0.15) is 5.01 Å². The molecule has 0 amide bonds. The van der Waals surface area contributed by atoms with Crippen molar-refractivity contribution < 1.29 is 0 Å². The van der Waals surface area contributed by atoms with E-state index in [4.69, 9.17) is 0 Å². The summed E-state index contributed by atoms with van der Waals surface area (Å²) in [7, 11) is 0. The zero-order valence-electron chi connectivity index (χ0n) is 11.6. The number of hydrogen-bond acceptors (Lipinski definition) is 3. The molecule has 0 aliphatic heterocycles. The van der Waals surface area contributed by atoms with E-state index in [9.17, 15) is 0 Å². The molecule has 1 rings (SSSR count). The number of thiazole rings is 1. The Morgan fingerprint density at radius 2 is 1.88 bits per heavy atom. The van der Waals surface area contributed by atoms with Crippen molar-refractivity contribution in [1.82, 2.24) is 10.3 Å². The molecule has 0 saturated carbocycles. The van der Waals surface area contributed by atoms with Gasteiger partial charge in [0.25, 0.3) is 0 Å². The molecule has 0 aliphatic rings. The monoisotopic (exact) mass is 254 g/mol. The lowest BCUT2D eigenvalue weighted by Gasteiger charge is -2.21. The van der Waals surface area contributed by atoms with Gasteiger partial charge in [0.2, 0.25) is 0 Å². The Kier molecular flexibility index (Phi) is 6.75. The molecular weight excluding hydrogens is 228 g/mol. The van der Waals surface area contributed by atoms with Gasteiger partial charge in [0, 0.05) is 17.1 Å². The van der Waals surface area contributed by atoms with Gasteiger partial charge in [-0.15, -0.1) is 11.3 Å². The van der Waals surface area contributed by atoms with Crippen molar-refractivity contribution in [3.05, 3.63) is 16.1 Å². The van der Waals surface area contributed by atoms with Crippen molar-refractivity contribution in [2.45, 2.75) is 71.9 Å². The normalized spacial score (nSPS) is 13.2. The standard InChI is InChI=1S/C14H26N2S/c1-5-8-12(9-6-2)16-11(4)14-15-10-13(7-3)17-14/h10-12,16H,5-9H2,1-4H3. The summed E-state index contributed by atoms with van der Waals surface area (Å²) in [5, 5.41) is 4.96. The summed E-state index contributed by atoms with van der Waals surface area (Å²) in [6, 6.07) is 1.04. The van der Waals surface area contributed by atoms with Crippen LogP contribution in [0, 0.1) is 0 Å². The summed E-state index contributed by atoms with van der Waals surface area (Å²) >= 11 is 1.85. The second-order valence-corrected chi connectivity index (χ2v) is 5.83. The quantitative estimate of drug-likeness (QED) is 0.747. The van der Waals surface area contributed by atoms with Crippen LogP contribution in [-0.4, -0.2) is 11.0 Å². The first-order valence-corrected chi connectivity index (χ1v) is 7.73. The Balaban J connectivity index is 2.53. The molecule has 0 fully saturated rings. The highest BCUT2D eigenvalue weighted by molar-refractivity contribution is 7.11. The fraction of sp³-hybridized carbons (Fsp3) is 0.786. The van der Waals surface area contributed by atoms with Gasteiger partial charge in [-0.05, 0) is 26.2 Å². The topological polar surface area (TPSA) is 24.9 Å². The van der Waals surface area contributed by atoms with Crippen LogP contribution in [0.1, 0.15) is 69.3 Å². The fourth-order valence-electron chi connectivity index (χ4n) is 2.12. The number of rotatable bonds is 8. The number of nitrogens with zero attached hydrogens (tertiary/aromatic N) is 1. The molecule has 0 spiro atoms. The summed E-state index contributed by atoms with van der Waals surface area (Å²) < 4.78 is 0. The van der Waals surface area contributed by atoms with Crippen LogP contribution >= 0.6 is 11.3 Å². The second-order valence-electron chi connectivity index (χ2n) is 4.68. The van der Waals surface area contributed by atoms with E-state index in [1.165, 1.54) is 35.6 Å². The van der Waals surface area contributed by atoms with Crippen LogP contribution in [0.15, 0.2) is 6.20 Å². The SMILES string of the molecule is CCCC(CCC)NC(C)c1ncc(CC)s1. The predicted molar refractivity (Wildman–Crippen MR) is 76.6 cm³/mol. The van der Waals surface area contributed by atoms with Crippen molar-refractivity contribution in [3.8, 4) is 0 Å². The molecule has 1 aromatic rings. The van der Waals surface area contributed by atoms with E-state index in [1.807, 2.05) is 17.5 Å². The maximum absolute atomic E-state index is 4.52. The zero-order chi connectivity index (χ0) is 12.7. The molecule has 0 aromatic carbocycles. The highest BCUT2D eigenvalue weighted by Crippen LogP contribution is 2.21. The lowest BCUT2D eigenvalue weighted by Crippen LogP contribution is -2.31. The Morgan fingerprint density at radius 1 is 1.24 bits per heavy atom. The van der Waals surface area contributed by atoms with E-state index in [1.54, 1.807) is 0 Å². The lowest BCUT2D eigenvalue weighted by atomic mass is 10.1. The van der Waals surface area contributed by atoms with Crippen LogP contribution < -0.4 is 5.32 Å². The fourth-order valence-corrected chi connectivity index (χ4v) is 2.99. The molecule has 1 unspecified atom stereocenters. The van der Waals surface area contributed by atoms with Gasteiger partial charge < -0.3 is 5.32 Å². The molecule has 1 aromatic heterocycles. The molecular formula is C14H26N2S. The molecule has 0 bridgehead atoms. The number of nitrogens with one attached hydrogen (secondary N) is 1. The van der Waals surface area contributed by atoms with E-state index in [-0.39, 0.29) is 0 Å². The molecule has 0 radical (unpaired) electrons. The molecule has 1 atom stereocenters. The van der Waals surface area contributed by atoms with Crippen LogP contribution in [0.4, 0.5) is 0 Å². The number of hydrogen-bond donors (Lipinski definition) is 1. The first-order chi connectivity index (χ1) is 8.21. The van der Waals surface area contributed by atoms with Gasteiger partial charge in [-0.2, -0.15) is 0 Å². The maximum atomic E-state index is 4.52. The molecule has 0 saturated heterocycles. The van der Waals surface area contributed by atoms with Crippen LogP contribution in [0.3, 0.4) is 0 Å². The summed E-state index contributed by atoms with van der Waals surface area (Å²) in [4.78, 5) is 5.90. The first-order valence-electron chi connectivity index (χ1n) is 6.91. The number of aryl methyl sites for hydroxylation is 1. The van der Waals surface area contributed by atoms with Gasteiger partial charge in [-0.1, -0.05) is 33.6 Å². The van der Waals surface area contributed by atoms with Crippen molar-refractivity contribution >= 4 is 11.3 Å². The molecule has 2 nitrogen and oxygen atoms in total. The van der Waals surface area contributed by atoms with E-state index in [2.05, 4.69) is 38.0 Å². The minimum atomic E-state index is 0.392.